The summed E-state index contributed by atoms with van der Waals surface area (Å²) in [6.07, 6.45) is 7.58. The summed E-state index contributed by atoms with van der Waals surface area (Å²) >= 11 is 24.7. The summed E-state index contributed by atoms with van der Waals surface area (Å²) in [5.74, 6) is 0.223. The average Bonchev–Trinajstić information content (AvgIpc) is 3.79. The van der Waals surface area contributed by atoms with E-state index in [1.807, 2.05) is 38.7 Å². The lowest BCUT2D eigenvalue weighted by Crippen LogP contribution is -2.51. The largest absolute Gasteiger partial charge is 0.506 e. The van der Waals surface area contributed by atoms with Crippen molar-refractivity contribution < 1.29 is 29.3 Å². The molecule has 1 atom stereocenters. The van der Waals surface area contributed by atoms with Crippen molar-refractivity contribution in [2.45, 2.75) is 109 Å². The van der Waals surface area contributed by atoms with Gasteiger partial charge in [-0.25, -0.2) is 4.79 Å². The Morgan fingerprint density at radius 3 is 1.70 bits per heavy atom. The summed E-state index contributed by atoms with van der Waals surface area (Å²) < 4.78 is 9.04. The maximum absolute atomic E-state index is 12.9. The first kappa shape index (κ1) is 47.9. The van der Waals surface area contributed by atoms with Crippen LogP contribution in [-0.2, 0) is 28.4 Å². The molecule has 13 nitrogen and oxygen atoms in total. The zero-order valence-electron chi connectivity index (χ0n) is 35.8. The average molecular weight is 922 g/mol. The lowest BCUT2D eigenvalue weighted by atomic mass is 9.86. The lowest BCUT2D eigenvalue weighted by molar-refractivity contribution is -0.134. The molecule has 4 N–H and O–H groups in total. The number of benzene rings is 2. The van der Waals surface area contributed by atoms with Crippen molar-refractivity contribution in [3.05, 3.63) is 67.9 Å². The van der Waals surface area contributed by atoms with Crippen LogP contribution in [0.2, 0.25) is 20.1 Å². The molecule has 17 heteroatoms. The number of amides is 3. The van der Waals surface area contributed by atoms with Crippen molar-refractivity contribution in [2.75, 3.05) is 19.6 Å². The van der Waals surface area contributed by atoms with Gasteiger partial charge in [-0.2, -0.15) is 10.2 Å². The van der Waals surface area contributed by atoms with Crippen LogP contribution in [0.1, 0.15) is 109 Å². The second kappa shape index (κ2) is 20.8. The van der Waals surface area contributed by atoms with Crippen LogP contribution in [0.4, 0.5) is 4.79 Å². The van der Waals surface area contributed by atoms with Crippen molar-refractivity contribution in [3.8, 4) is 34.0 Å². The van der Waals surface area contributed by atoms with Gasteiger partial charge in [0.05, 0.1) is 28.0 Å². The number of carbonyl (C=O) groups excluding carboxylic acids is 3. The number of aromatic nitrogens is 4. The smallest absolute Gasteiger partial charge is 0.408 e. The van der Waals surface area contributed by atoms with Gasteiger partial charge in [-0.3, -0.25) is 19.0 Å². The molecule has 2 aliphatic rings. The quantitative estimate of drug-likeness (QED) is 0.122. The van der Waals surface area contributed by atoms with Gasteiger partial charge in [0.25, 0.3) is 0 Å². The van der Waals surface area contributed by atoms with Gasteiger partial charge < -0.3 is 30.5 Å². The van der Waals surface area contributed by atoms with E-state index in [1.165, 1.54) is 43.9 Å². The highest BCUT2D eigenvalue weighted by molar-refractivity contribution is 6.45. The molecule has 0 spiro atoms. The fourth-order valence-electron chi connectivity index (χ4n) is 7.84. The van der Waals surface area contributed by atoms with Gasteiger partial charge in [0.15, 0.2) is 0 Å². The molecule has 2 aromatic carbocycles. The van der Waals surface area contributed by atoms with E-state index >= 15 is 0 Å². The number of aryl methyl sites for hydroxylation is 2. The van der Waals surface area contributed by atoms with Crippen molar-refractivity contribution in [2.24, 2.45) is 20.0 Å². The van der Waals surface area contributed by atoms with Crippen LogP contribution in [0.25, 0.3) is 22.5 Å². The Morgan fingerprint density at radius 1 is 0.770 bits per heavy atom. The SMILES string of the molecule is CC(C)C[C@@H](NC(=O)OC(C)(C)C)C(=O)NCC(=O)N1CCC(c2cc(-c3ccc(O)c(Cl)c3Cl)nn2C)CC1.Cn1nc(-c2ccc(O)c(Cl)c2Cl)cc1C1CCCCC1. The lowest BCUT2D eigenvalue weighted by Gasteiger charge is -2.32. The predicted molar refractivity (Wildman–Crippen MR) is 241 cm³/mol. The molecule has 2 aromatic heterocycles. The van der Waals surface area contributed by atoms with Gasteiger partial charge in [0.1, 0.15) is 33.2 Å². The Bertz CT molecular complexity index is 2190. The van der Waals surface area contributed by atoms with Gasteiger partial charge in [0.2, 0.25) is 11.8 Å². The monoisotopic (exact) mass is 919 g/mol. The van der Waals surface area contributed by atoms with Crippen LogP contribution in [0.15, 0.2) is 36.4 Å². The third-order valence-electron chi connectivity index (χ3n) is 10.9. The van der Waals surface area contributed by atoms with E-state index < -0.39 is 23.6 Å². The van der Waals surface area contributed by atoms with Crippen LogP contribution in [0.5, 0.6) is 11.5 Å². The molecule has 1 saturated heterocycles. The second-order valence-corrected chi connectivity index (χ2v) is 18.7. The van der Waals surface area contributed by atoms with E-state index in [0.29, 0.717) is 41.7 Å². The Kier molecular flexibility index (Phi) is 16.3. The standard InChI is InChI=1S/C28H39Cl2N5O5.C16H18Cl2N2O/c1-16(2)13-20(32-27(39)40-28(3,4)5)26(38)31-15-23(37)35-11-9-17(10-12-35)21-14-19(33-34(21)6)18-7-8-22(36)25(30)24(18)29;1-20-13(10-5-3-2-4-6-10)9-12(19-20)11-7-8-14(21)16(18)15(11)17/h7-8,14,16-17,20,36H,9-13,15H2,1-6H3,(H,31,38)(H,32,39);7-10,21H,2-6H2,1H3/t20-;/m1./s1. The number of carbonyl (C=O) groups is 3. The maximum Gasteiger partial charge on any atom is 0.408 e. The van der Waals surface area contributed by atoms with Gasteiger partial charge >= 0.3 is 6.09 Å². The van der Waals surface area contributed by atoms with E-state index in [1.54, 1.807) is 48.6 Å². The molecular weight excluding hydrogens is 864 g/mol. The summed E-state index contributed by atoms with van der Waals surface area (Å²) in [5.41, 5.74) is 4.44. The van der Waals surface area contributed by atoms with E-state index in [2.05, 4.69) is 26.9 Å². The molecule has 6 rings (SSSR count). The van der Waals surface area contributed by atoms with Crippen molar-refractivity contribution in [1.82, 2.24) is 35.1 Å². The minimum absolute atomic E-state index is 0.00569. The molecule has 1 aliphatic heterocycles. The highest BCUT2D eigenvalue weighted by Crippen LogP contribution is 2.41. The first-order valence-corrected chi connectivity index (χ1v) is 22.2. The molecule has 3 amide bonds. The van der Waals surface area contributed by atoms with E-state index in [-0.39, 0.29) is 50.9 Å². The van der Waals surface area contributed by atoms with Crippen LogP contribution >= 0.6 is 46.4 Å². The Hall–Kier alpha value is -4.17. The number of ether oxygens (including phenoxy) is 1. The molecule has 61 heavy (non-hydrogen) atoms. The first-order chi connectivity index (χ1) is 28.7. The molecule has 0 unspecified atom stereocenters. The van der Waals surface area contributed by atoms with Crippen LogP contribution < -0.4 is 10.6 Å². The first-order valence-electron chi connectivity index (χ1n) is 20.7. The Morgan fingerprint density at radius 2 is 1.25 bits per heavy atom. The van der Waals surface area contributed by atoms with Crippen molar-refractivity contribution in [1.29, 1.82) is 0 Å². The summed E-state index contributed by atoms with van der Waals surface area (Å²) in [5, 5.41) is 34.7. The van der Waals surface area contributed by atoms with E-state index in [9.17, 15) is 24.6 Å². The number of alkyl carbamates (subject to hydrolysis) is 1. The Labute approximate surface area is 378 Å². The zero-order valence-corrected chi connectivity index (χ0v) is 38.9. The number of phenolic OH excluding ortho intramolecular Hbond substituents is 2. The molecule has 332 valence electrons. The fourth-order valence-corrected chi connectivity index (χ4v) is 8.68. The number of hydrogen-bond acceptors (Lipinski definition) is 8. The van der Waals surface area contributed by atoms with Gasteiger partial charge in [-0.15, -0.1) is 0 Å². The molecule has 4 aromatic rings. The molecule has 2 fully saturated rings. The molecule has 1 aliphatic carbocycles. The van der Waals surface area contributed by atoms with Crippen molar-refractivity contribution in [3.63, 3.8) is 0 Å². The summed E-state index contributed by atoms with van der Waals surface area (Å²) in [7, 11) is 3.84. The summed E-state index contributed by atoms with van der Waals surface area (Å²) in [4.78, 5) is 39.7. The number of halogens is 4. The molecule has 0 bridgehead atoms. The zero-order chi connectivity index (χ0) is 44.8. The fraction of sp³-hybridized carbons (Fsp3) is 0.523. The van der Waals surface area contributed by atoms with E-state index in [4.69, 9.17) is 51.1 Å². The van der Waals surface area contributed by atoms with Crippen LogP contribution in [0.3, 0.4) is 0 Å². The number of phenols is 2. The number of nitrogens with one attached hydrogen (secondary N) is 2. The number of rotatable bonds is 10. The minimum Gasteiger partial charge on any atom is -0.506 e. The normalized spacial score (nSPS) is 15.6. The maximum atomic E-state index is 12.9. The summed E-state index contributed by atoms with van der Waals surface area (Å²) in [6, 6.07) is 9.74. The third-order valence-corrected chi connectivity index (χ3v) is 12.7. The van der Waals surface area contributed by atoms with Crippen molar-refractivity contribution >= 4 is 64.3 Å². The number of likely N-dealkylation sites (tertiary alicyclic amines) is 1. The van der Waals surface area contributed by atoms with E-state index in [0.717, 1.165) is 29.8 Å². The van der Waals surface area contributed by atoms with Crippen LogP contribution in [-0.4, -0.2) is 83.9 Å². The predicted octanol–water partition coefficient (Wildman–Crippen LogP) is 10.0. The Balaban J connectivity index is 0.000000279. The number of nitrogens with zero attached hydrogens (tertiary/aromatic N) is 5. The number of piperidine rings is 1. The van der Waals surface area contributed by atoms with Crippen LogP contribution in [0, 0.1) is 5.92 Å². The molecule has 1 saturated carbocycles. The molecular formula is C44H57Cl4N7O6. The highest BCUT2D eigenvalue weighted by atomic mass is 35.5. The molecule has 3 heterocycles. The van der Waals surface area contributed by atoms with Gasteiger partial charge in [-0.05, 0) is 95.2 Å². The highest BCUT2D eigenvalue weighted by Gasteiger charge is 2.29. The third kappa shape index (κ3) is 12.5. The summed E-state index contributed by atoms with van der Waals surface area (Å²) in [6.45, 7) is 10.1. The van der Waals surface area contributed by atoms with Gasteiger partial charge in [-0.1, -0.05) is 79.5 Å². The minimum atomic E-state index is -0.801. The topological polar surface area (TPSA) is 164 Å². The number of aromatic hydroxyl groups is 2. The molecule has 0 radical (unpaired) electrons. The van der Waals surface area contributed by atoms with Gasteiger partial charge in [0, 0.05) is 61.5 Å². The second-order valence-electron chi connectivity index (χ2n) is 17.2. The number of hydrogen-bond donors (Lipinski definition) is 4.